The van der Waals surface area contributed by atoms with Gasteiger partial charge < -0.3 is 4.90 Å². The summed E-state index contributed by atoms with van der Waals surface area (Å²) < 4.78 is 52.5. The lowest BCUT2D eigenvalue weighted by Gasteiger charge is -2.63. The molecule has 3 nitrogen and oxygen atoms in total. The number of halogens is 4. The van der Waals surface area contributed by atoms with Crippen LogP contribution in [0.4, 0.5) is 17.6 Å². The molecule has 0 aliphatic carbocycles. The van der Waals surface area contributed by atoms with Gasteiger partial charge in [0.1, 0.15) is 0 Å². The van der Waals surface area contributed by atoms with E-state index in [-0.39, 0.29) is 35.7 Å². The standard InChI is InChI=1S/C20H24F4N2O/c1-12(2)17-8-19-11-25(10-15(19)7-16(21)18(27)26(17)19)9-13-3-5-14(6-4-13)20(22,23)24/h3-6,12,15-17H,7-11H2,1-2H3/t15-,16?,17?,19+/m1/s1. The van der Waals surface area contributed by atoms with Crippen LogP contribution in [0.2, 0.25) is 0 Å². The molecular formula is C20H24F4N2O. The maximum atomic E-state index is 14.3. The Balaban J connectivity index is 1.50. The fourth-order valence-corrected chi connectivity index (χ4v) is 5.23. The molecule has 3 heterocycles. The van der Waals surface area contributed by atoms with Gasteiger partial charge in [0.2, 0.25) is 0 Å². The van der Waals surface area contributed by atoms with Crippen LogP contribution < -0.4 is 0 Å². The molecule has 3 saturated heterocycles. The van der Waals surface area contributed by atoms with Crippen LogP contribution in [-0.4, -0.2) is 46.5 Å². The zero-order valence-electron chi connectivity index (χ0n) is 15.5. The predicted octanol–water partition coefficient (Wildman–Crippen LogP) is 3.87. The molecule has 1 spiro atoms. The van der Waals surface area contributed by atoms with Crippen molar-refractivity contribution in [2.24, 2.45) is 11.8 Å². The number of nitrogens with zero attached hydrogens (tertiary/aromatic N) is 2. The summed E-state index contributed by atoms with van der Waals surface area (Å²) in [6, 6.07) is 5.29. The van der Waals surface area contributed by atoms with Crippen LogP contribution >= 0.6 is 0 Å². The lowest BCUT2D eigenvalue weighted by Crippen LogP contribution is -2.76. The second-order valence-corrected chi connectivity index (χ2v) is 8.59. The third-order valence-corrected chi connectivity index (χ3v) is 6.56. The normalized spacial score (nSPS) is 33.8. The van der Waals surface area contributed by atoms with Crippen molar-refractivity contribution >= 4 is 5.91 Å². The Morgan fingerprint density at radius 2 is 1.89 bits per heavy atom. The molecule has 1 aromatic rings. The highest BCUT2D eigenvalue weighted by molar-refractivity contribution is 5.84. The molecular weight excluding hydrogens is 360 g/mol. The fraction of sp³-hybridized carbons (Fsp3) is 0.650. The van der Waals surface area contributed by atoms with E-state index in [0.717, 1.165) is 24.1 Å². The third kappa shape index (κ3) is 2.94. The van der Waals surface area contributed by atoms with Crippen molar-refractivity contribution in [3.63, 3.8) is 0 Å². The van der Waals surface area contributed by atoms with E-state index < -0.39 is 17.9 Å². The van der Waals surface area contributed by atoms with E-state index in [1.807, 2.05) is 0 Å². The molecule has 1 aromatic carbocycles. The van der Waals surface area contributed by atoms with Crippen molar-refractivity contribution in [3.8, 4) is 0 Å². The van der Waals surface area contributed by atoms with Gasteiger partial charge in [0.15, 0.2) is 6.17 Å². The van der Waals surface area contributed by atoms with E-state index in [1.165, 1.54) is 12.1 Å². The largest absolute Gasteiger partial charge is 0.416 e. The maximum absolute atomic E-state index is 14.3. The molecule has 0 bridgehead atoms. The van der Waals surface area contributed by atoms with Gasteiger partial charge in [-0.25, -0.2) is 4.39 Å². The Morgan fingerprint density at radius 1 is 1.22 bits per heavy atom. The molecule has 7 heteroatoms. The summed E-state index contributed by atoms with van der Waals surface area (Å²) in [4.78, 5) is 16.4. The molecule has 3 fully saturated rings. The van der Waals surface area contributed by atoms with Gasteiger partial charge >= 0.3 is 6.18 Å². The SMILES string of the molecule is CC(C)C1C[C@]23CN(Cc4ccc(C(F)(F)F)cc4)C[C@H]2CC(F)C(=O)N13. The molecule has 2 unspecified atom stereocenters. The lowest BCUT2D eigenvalue weighted by atomic mass is 9.64. The van der Waals surface area contributed by atoms with Crippen LogP contribution in [0.1, 0.15) is 37.8 Å². The van der Waals surface area contributed by atoms with E-state index in [0.29, 0.717) is 19.6 Å². The topological polar surface area (TPSA) is 23.6 Å². The second kappa shape index (κ2) is 6.19. The average Bonchev–Trinajstić information content (AvgIpc) is 2.91. The second-order valence-electron chi connectivity index (χ2n) is 8.59. The zero-order valence-corrected chi connectivity index (χ0v) is 15.5. The van der Waals surface area contributed by atoms with Crippen LogP contribution in [0.3, 0.4) is 0 Å². The molecule has 148 valence electrons. The summed E-state index contributed by atoms with van der Waals surface area (Å²) in [6.07, 6.45) is -4.63. The number of benzene rings is 1. The summed E-state index contributed by atoms with van der Waals surface area (Å²) in [5.41, 5.74) is -0.149. The zero-order chi connectivity index (χ0) is 19.6. The quantitative estimate of drug-likeness (QED) is 0.739. The highest BCUT2D eigenvalue weighted by Gasteiger charge is 2.65. The van der Waals surface area contributed by atoms with Crippen LogP contribution in [0, 0.1) is 11.8 Å². The van der Waals surface area contributed by atoms with Gasteiger partial charge in [-0.3, -0.25) is 9.69 Å². The Labute approximate surface area is 156 Å². The van der Waals surface area contributed by atoms with Gasteiger partial charge in [-0.1, -0.05) is 26.0 Å². The number of rotatable bonds is 3. The Bertz CT molecular complexity index is 732. The lowest BCUT2D eigenvalue weighted by molar-refractivity contribution is -0.183. The van der Waals surface area contributed by atoms with E-state index in [2.05, 4.69) is 18.7 Å². The van der Waals surface area contributed by atoms with Gasteiger partial charge in [-0.15, -0.1) is 0 Å². The minimum Gasteiger partial charge on any atom is -0.329 e. The van der Waals surface area contributed by atoms with Crippen molar-refractivity contribution in [1.29, 1.82) is 0 Å². The minimum atomic E-state index is -4.34. The van der Waals surface area contributed by atoms with E-state index in [9.17, 15) is 22.4 Å². The Hall–Kier alpha value is -1.63. The van der Waals surface area contributed by atoms with Crippen LogP contribution in [0.25, 0.3) is 0 Å². The van der Waals surface area contributed by atoms with Gasteiger partial charge in [0, 0.05) is 25.7 Å². The van der Waals surface area contributed by atoms with E-state index in [1.54, 1.807) is 4.90 Å². The Morgan fingerprint density at radius 3 is 2.48 bits per heavy atom. The number of carbonyl (C=O) groups excluding carboxylic acids is 1. The van der Waals surface area contributed by atoms with Gasteiger partial charge in [-0.2, -0.15) is 13.2 Å². The maximum Gasteiger partial charge on any atom is 0.416 e. The molecule has 4 atom stereocenters. The van der Waals surface area contributed by atoms with Gasteiger partial charge in [0.25, 0.3) is 5.91 Å². The average molecular weight is 384 g/mol. The Kier molecular flexibility index (Phi) is 4.29. The first-order chi connectivity index (χ1) is 12.6. The van der Waals surface area contributed by atoms with Crippen LogP contribution in [-0.2, 0) is 17.5 Å². The summed E-state index contributed by atoms with van der Waals surface area (Å²) in [7, 11) is 0. The van der Waals surface area contributed by atoms with Crippen LogP contribution in [0.15, 0.2) is 24.3 Å². The first kappa shape index (κ1) is 18.7. The predicted molar refractivity (Wildman–Crippen MR) is 92.5 cm³/mol. The summed E-state index contributed by atoms with van der Waals surface area (Å²) >= 11 is 0. The monoisotopic (exact) mass is 384 g/mol. The molecule has 1 amide bonds. The minimum absolute atomic E-state index is 0.0876. The highest BCUT2D eigenvalue weighted by atomic mass is 19.4. The number of carbonyl (C=O) groups is 1. The molecule has 0 saturated carbocycles. The number of hydrogen-bond donors (Lipinski definition) is 0. The van der Waals surface area contributed by atoms with Crippen molar-refractivity contribution in [2.45, 2.75) is 57.2 Å². The molecule has 27 heavy (non-hydrogen) atoms. The van der Waals surface area contributed by atoms with Crippen molar-refractivity contribution < 1.29 is 22.4 Å². The number of alkyl halides is 4. The molecule has 0 aromatic heterocycles. The molecule has 4 rings (SSSR count). The molecule has 3 aliphatic heterocycles. The number of amides is 1. The first-order valence-electron chi connectivity index (χ1n) is 9.47. The molecule has 0 radical (unpaired) electrons. The van der Waals surface area contributed by atoms with Crippen molar-refractivity contribution in [1.82, 2.24) is 9.80 Å². The molecule has 0 N–H and O–H groups in total. The van der Waals surface area contributed by atoms with Crippen molar-refractivity contribution in [3.05, 3.63) is 35.4 Å². The molecule has 3 aliphatic rings. The van der Waals surface area contributed by atoms with E-state index >= 15 is 0 Å². The number of likely N-dealkylation sites (tertiary alicyclic amines) is 1. The van der Waals surface area contributed by atoms with Crippen molar-refractivity contribution in [2.75, 3.05) is 13.1 Å². The van der Waals surface area contributed by atoms with E-state index in [4.69, 9.17) is 0 Å². The number of hydrogen-bond acceptors (Lipinski definition) is 2. The number of piperidine rings is 1. The smallest absolute Gasteiger partial charge is 0.329 e. The summed E-state index contributed by atoms with van der Waals surface area (Å²) in [6.45, 7) is 5.96. The first-order valence-corrected chi connectivity index (χ1v) is 9.47. The van der Waals surface area contributed by atoms with Crippen LogP contribution in [0.5, 0.6) is 0 Å². The summed E-state index contributed by atoms with van der Waals surface area (Å²) in [5, 5.41) is 0. The van der Waals surface area contributed by atoms with Gasteiger partial charge in [0.05, 0.1) is 11.1 Å². The third-order valence-electron chi connectivity index (χ3n) is 6.56. The highest BCUT2D eigenvalue weighted by Crippen LogP contribution is 2.54. The summed E-state index contributed by atoms with van der Waals surface area (Å²) in [5.74, 6) is -0.00304. The van der Waals surface area contributed by atoms with Gasteiger partial charge in [-0.05, 0) is 42.4 Å². The fourth-order valence-electron chi connectivity index (χ4n) is 5.23.